The van der Waals surface area contributed by atoms with Crippen LogP contribution in [0.3, 0.4) is 0 Å². The van der Waals surface area contributed by atoms with Crippen molar-refractivity contribution in [2.75, 3.05) is 26.2 Å². The van der Waals surface area contributed by atoms with Gasteiger partial charge in [0.2, 0.25) is 0 Å². The second kappa shape index (κ2) is 6.82. The number of H-pyrrole nitrogens is 1. The molecule has 0 aliphatic carbocycles. The van der Waals surface area contributed by atoms with Crippen molar-refractivity contribution < 1.29 is 4.79 Å². The maximum Gasteiger partial charge on any atom is 0.320 e. The van der Waals surface area contributed by atoms with Crippen molar-refractivity contribution in [1.82, 2.24) is 29.2 Å². The van der Waals surface area contributed by atoms with Gasteiger partial charge in [0, 0.05) is 38.3 Å². The lowest BCUT2D eigenvalue weighted by atomic mass is 9.96. The fourth-order valence-corrected chi connectivity index (χ4v) is 4.61. The molecule has 2 unspecified atom stereocenters. The second-order valence-corrected chi connectivity index (χ2v) is 7.83. The van der Waals surface area contributed by atoms with Gasteiger partial charge in [0.05, 0.1) is 35.4 Å². The number of hydrogen-bond donors (Lipinski definition) is 1. The number of nitriles is 1. The second-order valence-electron chi connectivity index (χ2n) is 7.83. The molecule has 0 spiro atoms. The quantitative estimate of drug-likeness (QED) is 0.706. The number of piperidine rings is 2. The molecule has 0 radical (unpaired) electrons. The largest absolute Gasteiger partial charge is 0.345 e. The molecular formula is C20H23N7O. The van der Waals surface area contributed by atoms with Crippen LogP contribution in [-0.2, 0) is 0 Å². The molecular weight excluding hydrogens is 354 g/mol. The van der Waals surface area contributed by atoms with Gasteiger partial charge in [0.1, 0.15) is 5.82 Å². The summed E-state index contributed by atoms with van der Waals surface area (Å²) in [6.45, 7) is 2.74. The molecule has 0 bridgehead atoms. The van der Waals surface area contributed by atoms with Gasteiger partial charge in [0.25, 0.3) is 0 Å². The fourth-order valence-electron chi connectivity index (χ4n) is 4.61. The van der Waals surface area contributed by atoms with Gasteiger partial charge in [-0.3, -0.25) is 4.40 Å². The zero-order chi connectivity index (χ0) is 19.1. The number of carbonyl (C=O) groups is 1. The number of amides is 2. The predicted molar refractivity (Wildman–Crippen MR) is 104 cm³/mol. The first-order chi connectivity index (χ1) is 13.7. The molecule has 2 saturated heterocycles. The highest BCUT2D eigenvalue weighted by atomic mass is 16.2. The minimum absolute atomic E-state index is 0.0381. The minimum Gasteiger partial charge on any atom is -0.345 e. The summed E-state index contributed by atoms with van der Waals surface area (Å²) in [4.78, 5) is 29.2. The van der Waals surface area contributed by atoms with E-state index in [0.717, 1.165) is 61.3 Å². The molecule has 0 saturated carbocycles. The highest BCUT2D eigenvalue weighted by molar-refractivity contribution is 5.76. The third-order valence-electron chi connectivity index (χ3n) is 6.02. The van der Waals surface area contributed by atoms with Crippen LogP contribution in [0.4, 0.5) is 4.79 Å². The third-order valence-corrected chi connectivity index (χ3v) is 6.02. The van der Waals surface area contributed by atoms with E-state index in [2.05, 4.69) is 20.4 Å². The number of aromatic nitrogens is 4. The Labute approximate surface area is 162 Å². The molecule has 2 atom stereocenters. The average Bonchev–Trinajstić information content (AvgIpc) is 3.39. The number of nitrogens with zero attached hydrogens (tertiary/aromatic N) is 6. The summed E-state index contributed by atoms with van der Waals surface area (Å²) in [5.74, 6) is 1.15. The molecule has 3 aromatic rings. The van der Waals surface area contributed by atoms with Crippen LogP contribution in [0, 0.1) is 17.2 Å². The third kappa shape index (κ3) is 2.78. The average molecular weight is 377 g/mol. The van der Waals surface area contributed by atoms with E-state index in [4.69, 9.17) is 4.98 Å². The van der Waals surface area contributed by atoms with Crippen molar-refractivity contribution in [2.24, 2.45) is 5.92 Å². The Morgan fingerprint density at radius 3 is 2.79 bits per heavy atom. The van der Waals surface area contributed by atoms with Crippen LogP contribution in [-0.4, -0.2) is 61.4 Å². The fraction of sp³-hybridized carbons (Fsp3) is 0.500. The van der Waals surface area contributed by atoms with Crippen LogP contribution >= 0.6 is 0 Å². The van der Waals surface area contributed by atoms with E-state index in [1.165, 1.54) is 0 Å². The van der Waals surface area contributed by atoms with Gasteiger partial charge in [-0.2, -0.15) is 5.26 Å². The van der Waals surface area contributed by atoms with Gasteiger partial charge in [-0.25, -0.2) is 14.8 Å². The van der Waals surface area contributed by atoms with Gasteiger partial charge in [0.15, 0.2) is 5.65 Å². The lowest BCUT2D eigenvalue weighted by Gasteiger charge is -2.38. The van der Waals surface area contributed by atoms with Crippen LogP contribution in [0.25, 0.3) is 16.7 Å². The molecule has 2 fully saturated rings. The van der Waals surface area contributed by atoms with E-state index >= 15 is 0 Å². The SMILES string of the molecule is N#CC1CCCN(C(=O)N2CCCC(c3ncc4cnc5[nH]ccc5n34)C2)C1. The number of urea groups is 1. The van der Waals surface area contributed by atoms with Crippen LogP contribution < -0.4 is 0 Å². The Balaban J connectivity index is 1.40. The van der Waals surface area contributed by atoms with Crippen molar-refractivity contribution in [3.63, 3.8) is 0 Å². The summed E-state index contributed by atoms with van der Waals surface area (Å²) in [7, 11) is 0. The molecule has 5 rings (SSSR count). The standard InChI is InChI=1S/C20H23N7O/c21-9-14-3-1-7-25(12-14)20(28)26-8-2-4-15(13-26)19-24-11-16-10-23-18-17(27(16)19)5-6-22-18/h5-6,10-11,14-15,22H,1-4,7-8,12-13H2. The molecule has 5 heterocycles. The molecule has 144 valence electrons. The van der Waals surface area contributed by atoms with Crippen molar-refractivity contribution >= 4 is 22.7 Å². The van der Waals surface area contributed by atoms with Gasteiger partial charge in [-0.05, 0) is 31.7 Å². The van der Waals surface area contributed by atoms with Crippen molar-refractivity contribution in [3.05, 3.63) is 30.5 Å². The summed E-state index contributed by atoms with van der Waals surface area (Å²) in [5.41, 5.74) is 2.83. The molecule has 8 nitrogen and oxygen atoms in total. The lowest BCUT2D eigenvalue weighted by Crippen LogP contribution is -2.50. The first-order valence-electron chi connectivity index (χ1n) is 9.97. The number of carbonyl (C=O) groups excluding carboxylic acids is 1. The van der Waals surface area contributed by atoms with Crippen molar-refractivity contribution in [3.8, 4) is 6.07 Å². The van der Waals surface area contributed by atoms with E-state index in [9.17, 15) is 10.1 Å². The van der Waals surface area contributed by atoms with E-state index in [-0.39, 0.29) is 17.9 Å². The van der Waals surface area contributed by atoms with Crippen LogP contribution in [0.15, 0.2) is 24.7 Å². The van der Waals surface area contributed by atoms with Crippen LogP contribution in [0.5, 0.6) is 0 Å². The monoisotopic (exact) mass is 377 g/mol. The zero-order valence-electron chi connectivity index (χ0n) is 15.7. The number of imidazole rings is 1. The first-order valence-corrected chi connectivity index (χ1v) is 9.97. The number of aromatic amines is 1. The normalized spacial score (nSPS) is 23.2. The number of fused-ring (bicyclic) bond motifs is 3. The van der Waals surface area contributed by atoms with Gasteiger partial charge < -0.3 is 14.8 Å². The maximum absolute atomic E-state index is 13.1. The number of likely N-dealkylation sites (tertiary alicyclic amines) is 2. The zero-order valence-corrected chi connectivity index (χ0v) is 15.7. The number of nitrogens with one attached hydrogen (secondary N) is 1. The maximum atomic E-state index is 13.1. The van der Waals surface area contributed by atoms with Crippen molar-refractivity contribution in [1.29, 1.82) is 5.26 Å². The predicted octanol–water partition coefficient (Wildman–Crippen LogP) is 2.75. The first kappa shape index (κ1) is 17.0. The highest BCUT2D eigenvalue weighted by Gasteiger charge is 2.32. The number of hydrogen-bond acceptors (Lipinski definition) is 4. The van der Waals surface area contributed by atoms with Crippen LogP contribution in [0.2, 0.25) is 0 Å². The smallest absolute Gasteiger partial charge is 0.320 e. The minimum atomic E-state index is -0.0381. The molecule has 28 heavy (non-hydrogen) atoms. The molecule has 2 aliphatic heterocycles. The Bertz CT molecular complexity index is 1060. The Hall–Kier alpha value is -3.08. The van der Waals surface area contributed by atoms with Gasteiger partial charge in [-0.1, -0.05) is 0 Å². The van der Waals surface area contributed by atoms with Crippen LogP contribution in [0.1, 0.15) is 37.4 Å². The summed E-state index contributed by atoms with van der Waals surface area (Å²) >= 11 is 0. The summed E-state index contributed by atoms with van der Waals surface area (Å²) < 4.78 is 2.16. The topological polar surface area (TPSA) is 93.3 Å². The van der Waals surface area contributed by atoms with Gasteiger partial charge in [-0.15, -0.1) is 0 Å². The lowest BCUT2D eigenvalue weighted by molar-refractivity contribution is 0.123. The molecule has 1 N–H and O–H groups in total. The van der Waals surface area contributed by atoms with Crippen molar-refractivity contribution in [2.45, 2.75) is 31.6 Å². The molecule has 2 aliphatic rings. The van der Waals surface area contributed by atoms with Gasteiger partial charge >= 0.3 is 6.03 Å². The molecule has 2 amide bonds. The molecule has 3 aromatic heterocycles. The van der Waals surface area contributed by atoms with E-state index < -0.39 is 0 Å². The summed E-state index contributed by atoms with van der Waals surface area (Å²) in [5, 5.41) is 9.22. The Kier molecular flexibility index (Phi) is 4.15. The summed E-state index contributed by atoms with van der Waals surface area (Å²) in [6, 6.07) is 4.41. The van der Waals surface area contributed by atoms with E-state index in [0.29, 0.717) is 13.1 Å². The molecule has 0 aromatic carbocycles. The van der Waals surface area contributed by atoms with E-state index in [1.807, 2.05) is 34.5 Å². The molecule has 8 heteroatoms. The Morgan fingerprint density at radius 2 is 1.93 bits per heavy atom. The highest BCUT2D eigenvalue weighted by Crippen LogP contribution is 2.29. The Morgan fingerprint density at radius 1 is 1.14 bits per heavy atom. The van der Waals surface area contributed by atoms with E-state index in [1.54, 1.807) is 0 Å². The summed E-state index contributed by atoms with van der Waals surface area (Å²) in [6.07, 6.45) is 9.35. The number of rotatable bonds is 1.